The zero-order valence-electron chi connectivity index (χ0n) is 6.52. The molecule has 0 aromatic rings. The third kappa shape index (κ3) is 4.70. The molecule has 0 aliphatic heterocycles. The van der Waals surface area contributed by atoms with E-state index >= 15 is 0 Å². The predicted octanol–water partition coefficient (Wildman–Crippen LogP) is 0.801. The number of hydrogen-bond donors (Lipinski definition) is 2. The average molecular weight is 148 g/mol. The maximum atomic E-state index is 11.8. The quantitative estimate of drug-likeness (QED) is 0.606. The number of nitrogens with two attached hydrogens (primary N) is 2. The minimum absolute atomic E-state index is 0.192. The van der Waals surface area contributed by atoms with Crippen molar-refractivity contribution in [2.24, 2.45) is 11.5 Å². The zero-order chi connectivity index (χ0) is 7.98. The molecule has 62 valence electrons. The summed E-state index contributed by atoms with van der Waals surface area (Å²) in [5.41, 5.74) is 10.9. The summed E-state index contributed by atoms with van der Waals surface area (Å²) in [6.45, 7) is 1.59. The van der Waals surface area contributed by atoms with E-state index in [1.807, 2.05) is 6.92 Å². The van der Waals surface area contributed by atoms with Crippen LogP contribution in [0.15, 0.2) is 0 Å². The van der Waals surface area contributed by atoms with Gasteiger partial charge in [0, 0.05) is 12.1 Å². The highest BCUT2D eigenvalue weighted by molar-refractivity contribution is 4.65. The van der Waals surface area contributed by atoms with Crippen LogP contribution in [0.1, 0.15) is 26.2 Å². The molecule has 3 heteroatoms. The average Bonchev–Trinajstić information content (AvgIpc) is 1.99. The Morgan fingerprint density at radius 3 is 2.10 bits per heavy atom. The molecule has 0 saturated carbocycles. The lowest BCUT2D eigenvalue weighted by atomic mass is 10.1. The molecule has 2 atom stereocenters. The topological polar surface area (TPSA) is 52.0 Å². The van der Waals surface area contributed by atoms with E-state index in [4.69, 9.17) is 11.5 Å². The zero-order valence-corrected chi connectivity index (χ0v) is 6.52. The standard InChI is InChI=1S/C7H17FN2/c1-2-6(9)3-4-7(10)5-8/h6-7H,2-5,9-10H2,1H3. The van der Waals surface area contributed by atoms with Crippen LogP contribution >= 0.6 is 0 Å². The Morgan fingerprint density at radius 1 is 1.20 bits per heavy atom. The van der Waals surface area contributed by atoms with Gasteiger partial charge in [-0.15, -0.1) is 0 Å². The predicted molar refractivity (Wildman–Crippen MR) is 41.5 cm³/mol. The van der Waals surface area contributed by atoms with E-state index in [2.05, 4.69) is 0 Å². The number of hydrogen-bond acceptors (Lipinski definition) is 2. The summed E-state index contributed by atoms with van der Waals surface area (Å²) in [5, 5.41) is 0. The Kier molecular flexibility index (Phi) is 5.54. The monoisotopic (exact) mass is 148 g/mol. The van der Waals surface area contributed by atoms with Crippen LogP contribution in [0.2, 0.25) is 0 Å². The van der Waals surface area contributed by atoms with Gasteiger partial charge < -0.3 is 11.5 Å². The van der Waals surface area contributed by atoms with Crippen LogP contribution in [0.3, 0.4) is 0 Å². The normalized spacial score (nSPS) is 16.8. The molecule has 2 unspecified atom stereocenters. The van der Waals surface area contributed by atoms with Crippen LogP contribution in [-0.4, -0.2) is 18.8 Å². The van der Waals surface area contributed by atoms with Gasteiger partial charge in [-0.25, -0.2) is 4.39 Å². The third-order valence-corrected chi connectivity index (χ3v) is 1.63. The molecular weight excluding hydrogens is 131 g/mol. The Balaban J connectivity index is 3.17. The van der Waals surface area contributed by atoms with E-state index in [0.717, 1.165) is 12.8 Å². The Labute approximate surface area is 61.8 Å². The third-order valence-electron chi connectivity index (χ3n) is 1.63. The lowest BCUT2D eigenvalue weighted by molar-refractivity contribution is 0.395. The minimum Gasteiger partial charge on any atom is -0.328 e. The van der Waals surface area contributed by atoms with Crippen molar-refractivity contribution in [3.63, 3.8) is 0 Å². The first-order valence-electron chi connectivity index (χ1n) is 3.77. The van der Waals surface area contributed by atoms with Crippen LogP contribution in [0.25, 0.3) is 0 Å². The second-order valence-corrected chi connectivity index (χ2v) is 2.66. The first kappa shape index (κ1) is 9.85. The van der Waals surface area contributed by atoms with Gasteiger partial charge in [-0.05, 0) is 19.3 Å². The smallest absolute Gasteiger partial charge is 0.104 e. The summed E-state index contributed by atoms with van der Waals surface area (Å²) >= 11 is 0. The fraction of sp³-hybridized carbons (Fsp3) is 1.00. The van der Waals surface area contributed by atoms with Gasteiger partial charge >= 0.3 is 0 Å². The van der Waals surface area contributed by atoms with Gasteiger partial charge in [-0.3, -0.25) is 0 Å². The van der Waals surface area contributed by atoms with Gasteiger partial charge in [-0.1, -0.05) is 6.92 Å². The summed E-state index contributed by atoms with van der Waals surface area (Å²) in [4.78, 5) is 0. The van der Waals surface area contributed by atoms with Crippen molar-refractivity contribution < 1.29 is 4.39 Å². The summed E-state index contributed by atoms with van der Waals surface area (Å²) in [5.74, 6) is 0. The molecule has 0 aromatic heterocycles. The first-order chi connectivity index (χ1) is 4.70. The van der Waals surface area contributed by atoms with Crippen molar-refractivity contribution >= 4 is 0 Å². The van der Waals surface area contributed by atoms with Crippen LogP contribution in [0, 0.1) is 0 Å². The summed E-state index contributed by atoms with van der Waals surface area (Å²) in [6.07, 6.45) is 2.48. The van der Waals surface area contributed by atoms with E-state index in [9.17, 15) is 4.39 Å². The van der Waals surface area contributed by atoms with E-state index in [1.54, 1.807) is 0 Å². The highest BCUT2D eigenvalue weighted by Crippen LogP contribution is 2.00. The molecule has 2 nitrogen and oxygen atoms in total. The van der Waals surface area contributed by atoms with Crippen LogP contribution < -0.4 is 11.5 Å². The Morgan fingerprint density at radius 2 is 1.70 bits per heavy atom. The molecule has 0 aromatic carbocycles. The molecule has 10 heavy (non-hydrogen) atoms. The maximum Gasteiger partial charge on any atom is 0.104 e. The fourth-order valence-corrected chi connectivity index (χ4v) is 0.709. The van der Waals surface area contributed by atoms with Crippen molar-refractivity contribution in [2.45, 2.75) is 38.3 Å². The maximum absolute atomic E-state index is 11.8. The summed E-state index contributed by atoms with van der Waals surface area (Å²) in [7, 11) is 0. The van der Waals surface area contributed by atoms with Crippen molar-refractivity contribution in [3.8, 4) is 0 Å². The van der Waals surface area contributed by atoms with Crippen molar-refractivity contribution in [1.82, 2.24) is 0 Å². The molecule has 0 saturated heterocycles. The molecular formula is C7H17FN2. The summed E-state index contributed by atoms with van der Waals surface area (Å²) < 4.78 is 11.8. The SMILES string of the molecule is CCC(N)CCC(N)CF. The molecule has 0 amide bonds. The van der Waals surface area contributed by atoms with Crippen molar-refractivity contribution in [3.05, 3.63) is 0 Å². The molecule has 0 aliphatic rings. The molecule has 0 aliphatic carbocycles. The summed E-state index contributed by atoms with van der Waals surface area (Å²) in [6, 6.07) is -0.116. The lowest BCUT2D eigenvalue weighted by Crippen LogP contribution is -2.27. The molecule has 4 N–H and O–H groups in total. The largest absolute Gasteiger partial charge is 0.328 e. The van der Waals surface area contributed by atoms with Crippen molar-refractivity contribution in [2.75, 3.05) is 6.67 Å². The van der Waals surface area contributed by atoms with E-state index in [-0.39, 0.29) is 12.1 Å². The van der Waals surface area contributed by atoms with E-state index in [0.29, 0.717) is 6.42 Å². The number of alkyl halides is 1. The highest BCUT2D eigenvalue weighted by atomic mass is 19.1. The van der Waals surface area contributed by atoms with Gasteiger partial charge in [0.05, 0.1) is 0 Å². The van der Waals surface area contributed by atoms with Gasteiger partial charge in [0.15, 0.2) is 0 Å². The van der Waals surface area contributed by atoms with Crippen LogP contribution in [0.4, 0.5) is 4.39 Å². The Bertz CT molecular complexity index is 68.0. The fourth-order valence-electron chi connectivity index (χ4n) is 0.709. The van der Waals surface area contributed by atoms with Gasteiger partial charge in [0.1, 0.15) is 6.67 Å². The van der Waals surface area contributed by atoms with Crippen molar-refractivity contribution in [1.29, 1.82) is 0 Å². The first-order valence-corrected chi connectivity index (χ1v) is 3.77. The van der Waals surface area contributed by atoms with Crippen LogP contribution in [-0.2, 0) is 0 Å². The number of halogens is 1. The van der Waals surface area contributed by atoms with E-state index < -0.39 is 6.67 Å². The Hall–Kier alpha value is -0.150. The minimum atomic E-state index is -0.434. The molecule has 0 spiro atoms. The molecule has 0 rings (SSSR count). The van der Waals surface area contributed by atoms with E-state index in [1.165, 1.54) is 0 Å². The van der Waals surface area contributed by atoms with Gasteiger partial charge in [0.2, 0.25) is 0 Å². The van der Waals surface area contributed by atoms with Crippen LogP contribution in [0.5, 0.6) is 0 Å². The number of rotatable bonds is 5. The molecule has 0 bridgehead atoms. The second kappa shape index (κ2) is 5.62. The van der Waals surface area contributed by atoms with Gasteiger partial charge in [0.25, 0.3) is 0 Å². The molecule has 0 heterocycles. The molecule has 0 fully saturated rings. The second-order valence-electron chi connectivity index (χ2n) is 2.66. The van der Waals surface area contributed by atoms with Gasteiger partial charge in [-0.2, -0.15) is 0 Å². The lowest BCUT2D eigenvalue weighted by Gasteiger charge is -2.10. The molecule has 0 radical (unpaired) electrons. The highest BCUT2D eigenvalue weighted by Gasteiger charge is 2.04.